The first-order valence-electron chi connectivity index (χ1n) is 3.07. The van der Waals surface area contributed by atoms with Crippen LogP contribution in [0.2, 0.25) is 0 Å². The van der Waals surface area contributed by atoms with Crippen molar-refractivity contribution in [1.82, 2.24) is 0 Å². The molecule has 9 heavy (non-hydrogen) atoms. The summed E-state index contributed by atoms with van der Waals surface area (Å²) in [6.45, 7) is 4.47. The van der Waals surface area contributed by atoms with Gasteiger partial charge in [0.15, 0.2) is 0 Å². The lowest BCUT2D eigenvalue weighted by atomic mass is 10.1. The Morgan fingerprint density at radius 2 is 2.44 bits per heavy atom. The van der Waals surface area contributed by atoms with Gasteiger partial charge >= 0.3 is 0 Å². The van der Waals surface area contributed by atoms with E-state index in [2.05, 4.69) is 6.58 Å². The molecule has 0 heterocycles. The monoisotopic (exact) mass is 130 g/mol. The number of hydrogen-bond donors (Lipinski definition) is 1. The summed E-state index contributed by atoms with van der Waals surface area (Å²) in [7, 11) is 1.65. The Morgan fingerprint density at radius 3 is 2.78 bits per heavy atom. The van der Waals surface area contributed by atoms with Crippen LogP contribution in [0.4, 0.5) is 0 Å². The Labute approximate surface area is 56.1 Å². The SMILES string of the molecule is C=C[C@H](CCO)COC. The van der Waals surface area contributed by atoms with E-state index in [0.717, 1.165) is 6.42 Å². The molecule has 0 saturated carbocycles. The second kappa shape index (κ2) is 5.79. The first-order valence-corrected chi connectivity index (χ1v) is 3.07. The average molecular weight is 130 g/mol. The molecular weight excluding hydrogens is 116 g/mol. The van der Waals surface area contributed by atoms with Crippen LogP contribution in [0.3, 0.4) is 0 Å². The van der Waals surface area contributed by atoms with E-state index in [0.29, 0.717) is 12.5 Å². The lowest BCUT2D eigenvalue weighted by Gasteiger charge is -2.07. The van der Waals surface area contributed by atoms with E-state index in [4.69, 9.17) is 9.84 Å². The summed E-state index contributed by atoms with van der Waals surface area (Å²) in [6.07, 6.45) is 2.55. The standard InChI is InChI=1S/C7H14O2/c1-3-7(4-5-8)6-9-2/h3,7-8H,1,4-6H2,2H3/t7-/m1/s1. The molecule has 0 unspecified atom stereocenters. The molecule has 0 spiro atoms. The average Bonchev–Trinajstić information content (AvgIpc) is 1.88. The fourth-order valence-corrected chi connectivity index (χ4v) is 0.649. The van der Waals surface area contributed by atoms with Crippen LogP contribution in [-0.2, 0) is 4.74 Å². The van der Waals surface area contributed by atoms with E-state index in [9.17, 15) is 0 Å². The zero-order chi connectivity index (χ0) is 7.11. The number of aliphatic hydroxyl groups excluding tert-OH is 1. The van der Waals surface area contributed by atoms with Gasteiger partial charge in [-0.3, -0.25) is 0 Å². The maximum absolute atomic E-state index is 8.49. The van der Waals surface area contributed by atoms with E-state index >= 15 is 0 Å². The van der Waals surface area contributed by atoms with Crippen LogP contribution in [0, 0.1) is 5.92 Å². The van der Waals surface area contributed by atoms with Crippen molar-refractivity contribution in [2.24, 2.45) is 5.92 Å². The molecule has 2 heteroatoms. The normalized spacial score (nSPS) is 13.1. The molecule has 0 aromatic rings. The molecule has 0 bridgehead atoms. The number of hydrogen-bond acceptors (Lipinski definition) is 2. The van der Waals surface area contributed by atoms with E-state index in [1.807, 2.05) is 0 Å². The van der Waals surface area contributed by atoms with Gasteiger partial charge in [-0.25, -0.2) is 0 Å². The van der Waals surface area contributed by atoms with Crippen LogP contribution in [0.1, 0.15) is 6.42 Å². The Morgan fingerprint density at radius 1 is 1.78 bits per heavy atom. The van der Waals surface area contributed by atoms with Gasteiger partial charge in [-0.2, -0.15) is 0 Å². The van der Waals surface area contributed by atoms with E-state index in [-0.39, 0.29) is 6.61 Å². The van der Waals surface area contributed by atoms with E-state index < -0.39 is 0 Å². The summed E-state index contributed by atoms with van der Waals surface area (Å²) in [5.74, 6) is 0.306. The first kappa shape index (κ1) is 8.66. The van der Waals surface area contributed by atoms with Crippen molar-refractivity contribution in [3.8, 4) is 0 Å². The van der Waals surface area contributed by atoms with Crippen molar-refractivity contribution in [3.05, 3.63) is 12.7 Å². The lowest BCUT2D eigenvalue weighted by molar-refractivity contribution is 0.152. The van der Waals surface area contributed by atoms with Crippen molar-refractivity contribution in [2.75, 3.05) is 20.3 Å². The highest BCUT2D eigenvalue weighted by Gasteiger charge is 2.00. The fourth-order valence-electron chi connectivity index (χ4n) is 0.649. The van der Waals surface area contributed by atoms with Crippen LogP contribution >= 0.6 is 0 Å². The second-order valence-corrected chi connectivity index (χ2v) is 1.96. The second-order valence-electron chi connectivity index (χ2n) is 1.96. The predicted octanol–water partition coefficient (Wildman–Crippen LogP) is 0.817. The Bertz CT molecular complexity index is 65.3. The van der Waals surface area contributed by atoms with Crippen molar-refractivity contribution >= 4 is 0 Å². The number of ether oxygens (including phenoxy) is 1. The van der Waals surface area contributed by atoms with Gasteiger partial charge in [-0.1, -0.05) is 6.08 Å². The Hall–Kier alpha value is -0.340. The molecule has 1 N–H and O–H groups in total. The minimum atomic E-state index is 0.208. The molecule has 2 nitrogen and oxygen atoms in total. The molecule has 0 saturated heterocycles. The largest absolute Gasteiger partial charge is 0.396 e. The minimum absolute atomic E-state index is 0.208. The minimum Gasteiger partial charge on any atom is -0.396 e. The van der Waals surface area contributed by atoms with Crippen molar-refractivity contribution in [2.45, 2.75) is 6.42 Å². The number of aliphatic hydroxyl groups is 1. The first-order chi connectivity index (χ1) is 4.35. The summed E-state index contributed by atoms with van der Waals surface area (Å²) in [5.41, 5.74) is 0. The van der Waals surface area contributed by atoms with Crippen LogP contribution in [0.5, 0.6) is 0 Å². The van der Waals surface area contributed by atoms with Crippen molar-refractivity contribution in [3.63, 3.8) is 0 Å². The Kier molecular flexibility index (Phi) is 5.57. The predicted molar refractivity (Wildman–Crippen MR) is 37.3 cm³/mol. The molecule has 0 radical (unpaired) electrons. The number of rotatable bonds is 5. The van der Waals surface area contributed by atoms with Crippen molar-refractivity contribution in [1.29, 1.82) is 0 Å². The van der Waals surface area contributed by atoms with Gasteiger partial charge in [0.2, 0.25) is 0 Å². The third-order valence-corrected chi connectivity index (χ3v) is 1.21. The molecule has 0 aromatic carbocycles. The molecule has 0 aliphatic heterocycles. The lowest BCUT2D eigenvalue weighted by Crippen LogP contribution is -2.06. The molecular formula is C7H14O2. The smallest absolute Gasteiger partial charge is 0.0525 e. The van der Waals surface area contributed by atoms with Crippen LogP contribution < -0.4 is 0 Å². The summed E-state index contributed by atoms with van der Waals surface area (Å²) in [4.78, 5) is 0. The van der Waals surface area contributed by atoms with Gasteiger partial charge in [-0.05, 0) is 6.42 Å². The van der Waals surface area contributed by atoms with Gasteiger partial charge in [-0.15, -0.1) is 6.58 Å². The highest BCUT2D eigenvalue weighted by atomic mass is 16.5. The van der Waals surface area contributed by atoms with E-state index in [1.165, 1.54) is 0 Å². The molecule has 0 aliphatic carbocycles. The van der Waals surface area contributed by atoms with Crippen molar-refractivity contribution < 1.29 is 9.84 Å². The number of methoxy groups -OCH3 is 1. The van der Waals surface area contributed by atoms with Gasteiger partial charge in [0.25, 0.3) is 0 Å². The highest BCUT2D eigenvalue weighted by molar-refractivity contribution is 4.77. The van der Waals surface area contributed by atoms with Crippen LogP contribution in [0.15, 0.2) is 12.7 Å². The maximum atomic E-state index is 8.49. The quantitative estimate of drug-likeness (QED) is 0.558. The zero-order valence-electron chi connectivity index (χ0n) is 5.84. The van der Waals surface area contributed by atoms with E-state index in [1.54, 1.807) is 13.2 Å². The van der Waals surface area contributed by atoms with Crippen LogP contribution in [-0.4, -0.2) is 25.4 Å². The molecule has 0 aromatic heterocycles. The summed E-state index contributed by atoms with van der Waals surface area (Å²) in [5, 5.41) is 8.49. The van der Waals surface area contributed by atoms with Gasteiger partial charge in [0.05, 0.1) is 6.61 Å². The maximum Gasteiger partial charge on any atom is 0.0525 e. The van der Waals surface area contributed by atoms with Gasteiger partial charge in [0, 0.05) is 19.6 Å². The molecule has 0 rings (SSSR count). The summed E-state index contributed by atoms with van der Waals surface area (Å²) < 4.78 is 4.87. The van der Waals surface area contributed by atoms with Crippen LogP contribution in [0.25, 0.3) is 0 Å². The zero-order valence-corrected chi connectivity index (χ0v) is 5.84. The molecule has 0 fully saturated rings. The molecule has 0 aliphatic rings. The highest BCUT2D eigenvalue weighted by Crippen LogP contribution is 2.02. The molecule has 1 atom stereocenters. The van der Waals surface area contributed by atoms with Gasteiger partial charge < -0.3 is 9.84 Å². The summed E-state index contributed by atoms with van der Waals surface area (Å²) in [6, 6.07) is 0. The third kappa shape index (κ3) is 4.18. The topological polar surface area (TPSA) is 29.5 Å². The third-order valence-electron chi connectivity index (χ3n) is 1.21. The summed E-state index contributed by atoms with van der Waals surface area (Å²) >= 11 is 0. The fraction of sp³-hybridized carbons (Fsp3) is 0.714. The molecule has 0 amide bonds. The Balaban J connectivity index is 3.29. The molecule has 54 valence electrons. The van der Waals surface area contributed by atoms with Gasteiger partial charge in [0.1, 0.15) is 0 Å².